The fraction of sp³-hybridized carbons (Fsp3) is 0.0196. The van der Waals surface area contributed by atoms with Gasteiger partial charge in [0.1, 0.15) is 0 Å². The molecule has 0 heterocycles. The number of anilines is 3. The SMILES string of the molecule is Brc1ccccc1.Cc1ccccc1.Nc1cccc2cccc(-c3ccccc3)c12.c1ccc(Nc2cccc3cccc(-c4ccccc4)c23)cc1. The maximum atomic E-state index is 6.09. The lowest BCUT2D eigenvalue weighted by molar-refractivity contribution is 1.48. The van der Waals surface area contributed by atoms with Crippen molar-refractivity contribution in [1.82, 2.24) is 0 Å². The average molecular weight is 764 g/mol. The molecular weight excluding hydrogens is 720 g/mol. The van der Waals surface area contributed by atoms with Gasteiger partial charge in [0.15, 0.2) is 0 Å². The van der Waals surface area contributed by atoms with Gasteiger partial charge in [0.05, 0.1) is 0 Å². The van der Waals surface area contributed by atoms with E-state index in [0.717, 1.165) is 26.9 Å². The standard InChI is InChI=1S/C22H17N.C16H13N.C7H8.C6H5Br/c1-3-9-17(10-4-1)20-15-7-11-18-12-8-16-21(22(18)20)23-19-13-5-2-6-14-19;17-15-11-5-9-13-8-4-10-14(16(13)15)12-6-2-1-3-7-12;1-7-5-3-2-4-6-7;7-6-4-2-1-3-5-6/h1-16,23H;1-11H,17H2;2-6H,1H3;1-5H. The summed E-state index contributed by atoms with van der Waals surface area (Å²) in [6.45, 7) is 2.08. The molecule has 0 atom stereocenters. The highest BCUT2D eigenvalue weighted by atomic mass is 79.9. The first-order valence-electron chi connectivity index (χ1n) is 18.0. The third kappa shape index (κ3) is 10.3. The molecule has 0 spiro atoms. The van der Waals surface area contributed by atoms with Crippen molar-refractivity contribution in [3.05, 3.63) is 234 Å². The number of rotatable bonds is 4. The highest BCUT2D eigenvalue weighted by Gasteiger charge is 2.09. The largest absolute Gasteiger partial charge is 0.398 e. The highest BCUT2D eigenvalue weighted by molar-refractivity contribution is 9.10. The second kappa shape index (κ2) is 19.4. The zero-order chi connectivity index (χ0) is 37.4. The molecule has 2 nitrogen and oxygen atoms in total. The molecule has 0 radical (unpaired) electrons. The zero-order valence-corrected chi connectivity index (χ0v) is 31.9. The summed E-state index contributed by atoms with van der Waals surface area (Å²) >= 11 is 3.31. The summed E-state index contributed by atoms with van der Waals surface area (Å²) in [5.41, 5.74) is 15.4. The monoisotopic (exact) mass is 762 g/mol. The second-order valence-corrected chi connectivity index (χ2v) is 13.5. The lowest BCUT2D eigenvalue weighted by atomic mass is 9.97. The van der Waals surface area contributed by atoms with Gasteiger partial charge in [-0.3, -0.25) is 0 Å². The number of nitrogen functional groups attached to an aromatic ring is 1. The summed E-state index contributed by atoms with van der Waals surface area (Å²) in [4.78, 5) is 0. The van der Waals surface area contributed by atoms with E-state index in [1.165, 1.54) is 44.0 Å². The van der Waals surface area contributed by atoms with Crippen molar-refractivity contribution in [2.45, 2.75) is 6.92 Å². The van der Waals surface area contributed by atoms with Gasteiger partial charge in [0, 0.05) is 32.3 Å². The van der Waals surface area contributed by atoms with E-state index in [-0.39, 0.29) is 0 Å². The van der Waals surface area contributed by atoms with E-state index in [9.17, 15) is 0 Å². The second-order valence-electron chi connectivity index (χ2n) is 12.6. The summed E-state index contributed by atoms with van der Waals surface area (Å²) in [6.07, 6.45) is 0. The van der Waals surface area contributed by atoms with E-state index in [4.69, 9.17) is 5.73 Å². The zero-order valence-electron chi connectivity index (χ0n) is 30.3. The molecule has 0 aliphatic rings. The molecule has 0 aliphatic heterocycles. The third-order valence-electron chi connectivity index (χ3n) is 8.74. The smallest absolute Gasteiger partial charge is 0.0470 e. The van der Waals surface area contributed by atoms with E-state index < -0.39 is 0 Å². The fourth-order valence-electron chi connectivity index (χ4n) is 6.16. The number of nitrogens with two attached hydrogens (primary N) is 1. The maximum absolute atomic E-state index is 6.09. The van der Waals surface area contributed by atoms with Gasteiger partial charge < -0.3 is 11.1 Å². The number of para-hydroxylation sites is 1. The lowest BCUT2D eigenvalue weighted by Crippen LogP contribution is -1.92. The van der Waals surface area contributed by atoms with Gasteiger partial charge in [-0.25, -0.2) is 0 Å². The van der Waals surface area contributed by atoms with Crippen LogP contribution in [0.25, 0.3) is 43.8 Å². The number of halogens is 1. The Morgan fingerprint density at radius 1 is 0.389 bits per heavy atom. The number of aryl methyl sites for hydroxylation is 1. The summed E-state index contributed by atoms with van der Waals surface area (Å²) in [7, 11) is 0. The minimum absolute atomic E-state index is 0.835. The van der Waals surface area contributed by atoms with Gasteiger partial charge in [-0.05, 0) is 76.3 Å². The van der Waals surface area contributed by atoms with Crippen LogP contribution in [0.15, 0.2) is 229 Å². The van der Waals surface area contributed by atoms with Crippen LogP contribution in [0, 0.1) is 6.92 Å². The van der Waals surface area contributed by atoms with E-state index in [2.05, 4.69) is 156 Å². The van der Waals surface area contributed by atoms with Crippen LogP contribution >= 0.6 is 15.9 Å². The fourth-order valence-corrected chi connectivity index (χ4v) is 6.46. The van der Waals surface area contributed by atoms with Crippen LogP contribution in [-0.4, -0.2) is 0 Å². The highest BCUT2D eigenvalue weighted by Crippen LogP contribution is 2.35. The summed E-state index contributed by atoms with van der Waals surface area (Å²) in [5, 5.41) is 8.38. The van der Waals surface area contributed by atoms with Gasteiger partial charge in [0.25, 0.3) is 0 Å². The molecule has 3 heteroatoms. The summed E-state index contributed by atoms with van der Waals surface area (Å²) < 4.78 is 1.13. The molecule has 0 unspecified atom stereocenters. The van der Waals surface area contributed by atoms with Crippen molar-refractivity contribution >= 4 is 54.5 Å². The van der Waals surface area contributed by atoms with Crippen LogP contribution in [0.3, 0.4) is 0 Å². The van der Waals surface area contributed by atoms with Crippen molar-refractivity contribution in [3.63, 3.8) is 0 Å². The molecule has 9 aromatic carbocycles. The number of nitrogens with one attached hydrogen (secondary N) is 1. The van der Waals surface area contributed by atoms with Crippen molar-refractivity contribution in [3.8, 4) is 22.3 Å². The third-order valence-corrected chi connectivity index (χ3v) is 9.27. The minimum atomic E-state index is 0.835. The molecule has 0 fully saturated rings. The lowest BCUT2D eigenvalue weighted by Gasteiger charge is -2.14. The predicted molar refractivity (Wildman–Crippen MR) is 238 cm³/mol. The Bertz CT molecular complexity index is 2420. The van der Waals surface area contributed by atoms with Gasteiger partial charge >= 0.3 is 0 Å². The Kier molecular flexibility index (Phi) is 13.4. The van der Waals surface area contributed by atoms with Crippen LogP contribution in [0.4, 0.5) is 17.1 Å². The van der Waals surface area contributed by atoms with E-state index in [1.807, 2.05) is 97.1 Å². The molecule has 0 amide bonds. The number of hydrogen-bond donors (Lipinski definition) is 2. The molecule has 0 saturated carbocycles. The summed E-state index contributed by atoms with van der Waals surface area (Å²) in [5.74, 6) is 0. The number of benzene rings is 9. The van der Waals surface area contributed by atoms with Gasteiger partial charge in [-0.15, -0.1) is 0 Å². The normalized spacial score (nSPS) is 10.1. The number of fused-ring (bicyclic) bond motifs is 2. The first-order valence-corrected chi connectivity index (χ1v) is 18.8. The topological polar surface area (TPSA) is 38.0 Å². The van der Waals surface area contributed by atoms with Gasteiger partial charge in [-0.1, -0.05) is 210 Å². The van der Waals surface area contributed by atoms with Crippen LogP contribution in [-0.2, 0) is 0 Å². The Balaban J connectivity index is 0.000000139. The molecular formula is C51H43BrN2. The first kappa shape index (κ1) is 37.3. The van der Waals surface area contributed by atoms with Gasteiger partial charge in [0.2, 0.25) is 0 Å². The molecule has 3 N–H and O–H groups in total. The Morgan fingerprint density at radius 3 is 1.26 bits per heavy atom. The van der Waals surface area contributed by atoms with Gasteiger partial charge in [-0.2, -0.15) is 0 Å². The molecule has 0 aromatic heterocycles. The van der Waals surface area contributed by atoms with Crippen LogP contribution in [0.1, 0.15) is 5.56 Å². The molecule has 264 valence electrons. The first-order chi connectivity index (χ1) is 26.6. The molecule has 9 rings (SSSR count). The predicted octanol–water partition coefficient (Wildman–Crippen LogP) is 14.8. The van der Waals surface area contributed by atoms with E-state index in [1.54, 1.807) is 0 Å². The van der Waals surface area contributed by atoms with Crippen molar-refractivity contribution < 1.29 is 0 Å². The maximum Gasteiger partial charge on any atom is 0.0470 e. The average Bonchev–Trinajstić information content (AvgIpc) is 3.23. The van der Waals surface area contributed by atoms with Crippen LogP contribution in [0.2, 0.25) is 0 Å². The number of hydrogen-bond acceptors (Lipinski definition) is 2. The van der Waals surface area contributed by atoms with Crippen molar-refractivity contribution in [1.29, 1.82) is 0 Å². The van der Waals surface area contributed by atoms with E-state index >= 15 is 0 Å². The molecule has 0 bridgehead atoms. The van der Waals surface area contributed by atoms with E-state index in [0.29, 0.717) is 0 Å². The Labute approximate surface area is 327 Å². The van der Waals surface area contributed by atoms with Crippen molar-refractivity contribution in [2.24, 2.45) is 0 Å². The minimum Gasteiger partial charge on any atom is -0.398 e. The Morgan fingerprint density at radius 2 is 0.796 bits per heavy atom. The van der Waals surface area contributed by atoms with Crippen LogP contribution < -0.4 is 11.1 Å². The molecule has 0 aliphatic carbocycles. The molecule has 9 aromatic rings. The Hall–Kier alpha value is -6.42. The quantitative estimate of drug-likeness (QED) is 0.175. The van der Waals surface area contributed by atoms with Crippen molar-refractivity contribution in [2.75, 3.05) is 11.1 Å². The molecule has 54 heavy (non-hydrogen) atoms. The van der Waals surface area contributed by atoms with Crippen LogP contribution in [0.5, 0.6) is 0 Å². The molecule has 0 saturated heterocycles. The summed E-state index contributed by atoms with van der Waals surface area (Å²) in [6, 6.07) is 76.6.